The highest BCUT2D eigenvalue weighted by molar-refractivity contribution is 7.91. The van der Waals surface area contributed by atoms with Gasteiger partial charge in [0.15, 0.2) is 6.10 Å². The van der Waals surface area contributed by atoms with Gasteiger partial charge in [-0.05, 0) is 36.1 Å². The second-order valence-corrected chi connectivity index (χ2v) is 7.78. The molecule has 8 heteroatoms. The van der Waals surface area contributed by atoms with E-state index in [2.05, 4.69) is 10.0 Å². The number of carbonyl (C=O) groups excluding carboxylic acids is 1. The Balaban J connectivity index is 1.75. The van der Waals surface area contributed by atoms with Gasteiger partial charge < -0.3 is 10.1 Å². The van der Waals surface area contributed by atoms with E-state index in [1.54, 1.807) is 42.6 Å². The number of ether oxygens (including phenoxy) is 1. The molecule has 2 aromatic rings. The van der Waals surface area contributed by atoms with Crippen molar-refractivity contribution in [2.24, 2.45) is 0 Å². The van der Waals surface area contributed by atoms with Gasteiger partial charge in [-0.15, -0.1) is 11.3 Å². The molecule has 1 aliphatic rings. The Morgan fingerprint density at radius 3 is 2.91 bits per heavy atom. The van der Waals surface area contributed by atoms with Crippen LogP contribution in [0.2, 0.25) is 0 Å². The Kier molecular flexibility index (Phi) is 3.90. The normalized spacial score (nSPS) is 17.5. The van der Waals surface area contributed by atoms with Crippen LogP contribution in [0.25, 0.3) is 0 Å². The van der Waals surface area contributed by atoms with Gasteiger partial charge in [-0.3, -0.25) is 4.79 Å². The van der Waals surface area contributed by atoms with Crippen LogP contribution < -0.4 is 14.8 Å². The summed E-state index contributed by atoms with van der Waals surface area (Å²) in [7, 11) is -3.51. The van der Waals surface area contributed by atoms with E-state index >= 15 is 0 Å². The molecule has 2 heterocycles. The molecule has 116 valence electrons. The summed E-state index contributed by atoms with van der Waals surface area (Å²) in [6, 6.07) is 8.43. The van der Waals surface area contributed by atoms with Gasteiger partial charge in [0, 0.05) is 6.54 Å². The molecule has 1 aliphatic heterocycles. The fourth-order valence-corrected chi connectivity index (χ4v) is 4.09. The highest BCUT2D eigenvalue weighted by Gasteiger charge is 2.23. The van der Waals surface area contributed by atoms with Crippen molar-refractivity contribution in [1.29, 1.82) is 0 Å². The summed E-state index contributed by atoms with van der Waals surface area (Å²) in [5.41, 5.74) is 1.29. The summed E-state index contributed by atoms with van der Waals surface area (Å²) < 4.78 is 32.4. The van der Waals surface area contributed by atoms with Crippen molar-refractivity contribution in [2.75, 3.05) is 5.32 Å². The van der Waals surface area contributed by atoms with E-state index in [4.69, 9.17) is 4.74 Å². The molecule has 1 unspecified atom stereocenters. The van der Waals surface area contributed by atoms with Crippen molar-refractivity contribution in [3.8, 4) is 5.75 Å². The fourth-order valence-electron chi connectivity index (χ4n) is 2.03. The number of thiophene rings is 1. The summed E-state index contributed by atoms with van der Waals surface area (Å²) in [5.74, 6) is 0.362. The molecule has 0 radical (unpaired) electrons. The molecule has 3 rings (SSSR count). The predicted octanol–water partition coefficient (Wildman–Crippen LogP) is 1.95. The lowest BCUT2D eigenvalue weighted by Gasteiger charge is -2.23. The van der Waals surface area contributed by atoms with Gasteiger partial charge in [0.25, 0.3) is 5.91 Å². The van der Waals surface area contributed by atoms with E-state index in [9.17, 15) is 13.2 Å². The topological polar surface area (TPSA) is 84.5 Å². The second kappa shape index (κ2) is 5.71. The van der Waals surface area contributed by atoms with E-state index < -0.39 is 16.1 Å². The van der Waals surface area contributed by atoms with Crippen molar-refractivity contribution in [2.45, 2.75) is 23.8 Å². The predicted molar refractivity (Wildman–Crippen MR) is 83.5 cm³/mol. The number of anilines is 1. The standard InChI is InChI=1S/C14H14N2O4S2/c1-9-14(17)16-11-7-10(4-5-12(11)20-9)8-15-22(18,19)13-3-2-6-21-13/h2-7,9,15H,8H2,1H3,(H,16,17). The molecule has 2 N–H and O–H groups in total. The van der Waals surface area contributed by atoms with Crippen LogP contribution in [0.3, 0.4) is 0 Å². The Hall–Kier alpha value is -1.90. The van der Waals surface area contributed by atoms with Crippen LogP contribution in [0.15, 0.2) is 39.9 Å². The summed E-state index contributed by atoms with van der Waals surface area (Å²) in [6.45, 7) is 1.81. The van der Waals surface area contributed by atoms with Crippen molar-refractivity contribution < 1.29 is 17.9 Å². The largest absolute Gasteiger partial charge is 0.479 e. The first-order valence-corrected chi connectivity index (χ1v) is 8.95. The van der Waals surface area contributed by atoms with Crippen LogP contribution in [0, 0.1) is 0 Å². The van der Waals surface area contributed by atoms with Gasteiger partial charge in [-0.1, -0.05) is 12.1 Å². The first kappa shape index (κ1) is 15.0. The van der Waals surface area contributed by atoms with E-state index in [0.717, 1.165) is 16.9 Å². The minimum absolute atomic E-state index is 0.138. The van der Waals surface area contributed by atoms with E-state index in [0.29, 0.717) is 11.4 Å². The Labute approximate surface area is 132 Å². The lowest BCUT2D eigenvalue weighted by Crippen LogP contribution is -2.34. The molecule has 0 aliphatic carbocycles. The second-order valence-electron chi connectivity index (χ2n) is 4.84. The maximum absolute atomic E-state index is 12.1. The first-order valence-electron chi connectivity index (χ1n) is 6.59. The van der Waals surface area contributed by atoms with Gasteiger partial charge in [0.05, 0.1) is 5.69 Å². The maximum Gasteiger partial charge on any atom is 0.265 e. The van der Waals surface area contributed by atoms with E-state index in [-0.39, 0.29) is 16.7 Å². The average molecular weight is 338 g/mol. The third kappa shape index (κ3) is 2.99. The lowest BCUT2D eigenvalue weighted by molar-refractivity contribution is -0.122. The molecule has 1 aromatic carbocycles. The van der Waals surface area contributed by atoms with Gasteiger partial charge >= 0.3 is 0 Å². The number of nitrogens with one attached hydrogen (secondary N) is 2. The molecule has 22 heavy (non-hydrogen) atoms. The molecule has 1 amide bonds. The minimum Gasteiger partial charge on any atom is -0.479 e. The van der Waals surface area contributed by atoms with Crippen molar-refractivity contribution in [1.82, 2.24) is 4.72 Å². The van der Waals surface area contributed by atoms with Crippen molar-refractivity contribution in [3.63, 3.8) is 0 Å². The molecule has 0 spiro atoms. The number of hydrogen-bond acceptors (Lipinski definition) is 5. The van der Waals surface area contributed by atoms with E-state index in [1.165, 1.54) is 0 Å². The summed E-state index contributed by atoms with van der Waals surface area (Å²) in [4.78, 5) is 11.6. The molecular weight excluding hydrogens is 324 g/mol. The highest BCUT2D eigenvalue weighted by Crippen LogP contribution is 2.30. The molecule has 6 nitrogen and oxygen atoms in total. The SMILES string of the molecule is CC1Oc2ccc(CNS(=O)(=O)c3cccs3)cc2NC1=O. The Bertz CT molecular complexity index is 800. The van der Waals surface area contributed by atoms with Crippen LogP contribution in [-0.4, -0.2) is 20.4 Å². The zero-order valence-corrected chi connectivity index (χ0v) is 13.3. The Morgan fingerprint density at radius 1 is 1.36 bits per heavy atom. The molecule has 0 fully saturated rings. The number of benzene rings is 1. The molecule has 0 saturated carbocycles. The Morgan fingerprint density at radius 2 is 2.18 bits per heavy atom. The summed E-state index contributed by atoms with van der Waals surface area (Å²) >= 11 is 1.16. The molecule has 1 atom stereocenters. The van der Waals surface area contributed by atoms with Crippen LogP contribution in [0.1, 0.15) is 12.5 Å². The van der Waals surface area contributed by atoms with Crippen molar-refractivity contribution >= 4 is 33.0 Å². The monoisotopic (exact) mass is 338 g/mol. The molecule has 1 aromatic heterocycles. The molecular formula is C14H14N2O4S2. The lowest BCUT2D eigenvalue weighted by atomic mass is 10.1. The van der Waals surface area contributed by atoms with Crippen LogP contribution >= 0.6 is 11.3 Å². The summed E-state index contributed by atoms with van der Waals surface area (Å²) in [6.07, 6.45) is -0.532. The van der Waals surface area contributed by atoms with Crippen molar-refractivity contribution in [3.05, 3.63) is 41.3 Å². The van der Waals surface area contributed by atoms with Crippen LogP contribution in [-0.2, 0) is 21.4 Å². The fraction of sp³-hybridized carbons (Fsp3) is 0.214. The smallest absolute Gasteiger partial charge is 0.265 e. The maximum atomic E-state index is 12.1. The third-order valence-corrected chi connectivity index (χ3v) is 6.00. The van der Waals surface area contributed by atoms with Crippen LogP contribution in [0.5, 0.6) is 5.75 Å². The number of sulfonamides is 1. The number of carbonyl (C=O) groups is 1. The number of fused-ring (bicyclic) bond motifs is 1. The minimum atomic E-state index is -3.51. The zero-order valence-electron chi connectivity index (χ0n) is 11.7. The van der Waals surface area contributed by atoms with Gasteiger partial charge in [0.1, 0.15) is 9.96 Å². The van der Waals surface area contributed by atoms with Crippen LogP contribution in [0.4, 0.5) is 5.69 Å². The number of rotatable bonds is 4. The first-order chi connectivity index (χ1) is 10.5. The average Bonchev–Trinajstić information content (AvgIpc) is 3.01. The quantitative estimate of drug-likeness (QED) is 0.892. The van der Waals surface area contributed by atoms with Gasteiger partial charge in [-0.25, -0.2) is 13.1 Å². The number of hydrogen-bond donors (Lipinski definition) is 2. The third-order valence-electron chi connectivity index (χ3n) is 3.20. The summed E-state index contributed by atoms with van der Waals surface area (Å²) in [5, 5.41) is 4.45. The zero-order chi connectivity index (χ0) is 15.7. The van der Waals surface area contributed by atoms with Gasteiger partial charge in [-0.2, -0.15) is 0 Å². The molecule has 0 saturated heterocycles. The highest BCUT2D eigenvalue weighted by atomic mass is 32.2. The van der Waals surface area contributed by atoms with E-state index in [1.807, 2.05) is 0 Å². The number of amides is 1. The van der Waals surface area contributed by atoms with Gasteiger partial charge in [0.2, 0.25) is 10.0 Å². The molecule has 0 bridgehead atoms.